The second kappa shape index (κ2) is 6.52. The molecule has 0 aliphatic rings. The average molecular weight is 270 g/mol. The number of halogens is 2. The predicted molar refractivity (Wildman–Crippen MR) is 75.2 cm³/mol. The fourth-order valence-electron chi connectivity index (χ4n) is 1.60. The summed E-state index contributed by atoms with van der Waals surface area (Å²) in [6, 6.07) is 4.33. The van der Waals surface area contributed by atoms with Crippen LogP contribution in [0.15, 0.2) is 28.9 Å². The maximum atomic E-state index is 13.0. The molecule has 18 heavy (non-hydrogen) atoms. The molecule has 0 amide bonds. The van der Waals surface area contributed by atoms with Crippen molar-refractivity contribution in [1.82, 2.24) is 10.4 Å². The van der Waals surface area contributed by atoms with Gasteiger partial charge in [0.25, 0.3) is 0 Å². The molecule has 0 radical (unpaired) electrons. The fourth-order valence-corrected chi connectivity index (χ4v) is 1.87. The summed E-state index contributed by atoms with van der Waals surface area (Å²) in [4.78, 5) is 4.01. The van der Waals surface area contributed by atoms with Gasteiger partial charge in [-0.1, -0.05) is 11.6 Å². The molecule has 0 saturated carbocycles. The van der Waals surface area contributed by atoms with E-state index in [2.05, 4.69) is 10.4 Å². The van der Waals surface area contributed by atoms with Crippen LogP contribution in [0.3, 0.4) is 0 Å². The Morgan fingerprint density at radius 2 is 2.11 bits per heavy atom. The van der Waals surface area contributed by atoms with Gasteiger partial charge in [0, 0.05) is 44.2 Å². The van der Waals surface area contributed by atoms with Crippen molar-refractivity contribution in [2.24, 2.45) is 4.99 Å². The lowest BCUT2D eigenvalue weighted by molar-refractivity contribution is 0.329. The lowest BCUT2D eigenvalue weighted by Gasteiger charge is -2.17. The van der Waals surface area contributed by atoms with Crippen LogP contribution in [-0.4, -0.2) is 32.4 Å². The van der Waals surface area contributed by atoms with E-state index in [4.69, 9.17) is 11.6 Å². The van der Waals surface area contributed by atoms with Crippen molar-refractivity contribution in [3.05, 3.63) is 40.3 Å². The highest BCUT2D eigenvalue weighted by molar-refractivity contribution is 6.34. The lowest BCUT2D eigenvalue weighted by atomic mass is 10.1. The second-order valence-corrected chi connectivity index (χ2v) is 4.46. The second-order valence-electron chi connectivity index (χ2n) is 4.06. The van der Waals surface area contributed by atoms with Crippen molar-refractivity contribution in [3.8, 4) is 0 Å². The molecule has 0 saturated heterocycles. The normalized spacial score (nSPS) is 13.1. The van der Waals surface area contributed by atoms with Crippen LogP contribution in [0, 0.1) is 5.82 Å². The highest BCUT2D eigenvalue weighted by Crippen LogP contribution is 2.25. The third-order valence-corrected chi connectivity index (χ3v) is 2.59. The van der Waals surface area contributed by atoms with Crippen LogP contribution >= 0.6 is 11.6 Å². The number of nitrogens with zero attached hydrogens (tertiary/aromatic N) is 2. The first-order valence-electron chi connectivity index (χ1n) is 5.48. The van der Waals surface area contributed by atoms with E-state index in [-0.39, 0.29) is 5.82 Å². The van der Waals surface area contributed by atoms with Gasteiger partial charge >= 0.3 is 0 Å². The van der Waals surface area contributed by atoms with Crippen LogP contribution in [0.4, 0.5) is 4.39 Å². The third-order valence-electron chi connectivity index (χ3n) is 2.27. The summed E-state index contributed by atoms with van der Waals surface area (Å²) in [5.41, 5.74) is 5.60. The van der Waals surface area contributed by atoms with Gasteiger partial charge in [0.15, 0.2) is 0 Å². The summed E-state index contributed by atoms with van der Waals surface area (Å²) < 4.78 is 13.0. The molecular weight excluding hydrogens is 253 g/mol. The summed E-state index contributed by atoms with van der Waals surface area (Å²) in [7, 11) is 5.45. The zero-order chi connectivity index (χ0) is 13.7. The molecule has 0 aliphatic carbocycles. The number of benzene rings is 1. The maximum Gasteiger partial charge on any atom is 0.124 e. The molecule has 0 fully saturated rings. The minimum Gasteiger partial charge on any atom is -0.323 e. The molecule has 1 aromatic rings. The minimum atomic E-state index is -0.352. The van der Waals surface area contributed by atoms with E-state index in [1.165, 1.54) is 12.1 Å². The average Bonchev–Trinajstić information content (AvgIpc) is 2.25. The Morgan fingerprint density at radius 1 is 1.44 bits per heavy atom. The number of hydrogen-bond donors (Lipinski definition) is 1. The third kappa shape index (κ3) is 3.82. The molecule has 0 unspecified atom stereocenters. The molecule has 0 spiro atoms. The van der Waals surface area contributed by atoms with E-state index in [0.717, 1.165) is 16.8 Å². The topological polar surface area (TPSA) is 27.6 Å². The molecule has 0 aromatic heterocycles. The molecule has 1 rings (SSSR count). The van der Waals surface area contributed by atoms with E-state index >= 15 is 0 Å². The molecule has 0 aliphatic heterocycles. The number of hydrazine groups is 1. The highest BCUT2D eigenvalue weighted by atomic mass is 35.5. The van der Waals surface area contributed by atoms with Crippen LogP contribution in [0.25, 0.3) is 5.57 Å². The van der Waals surface area contributed by atoms with Gasteiger partial charge in [0.1, 0.15) is 5.82 Å². The van der Waals surface area contributed by atoms with Crippen LogP contribution in [0.2, 0.25) is 5.02 Å². The Balaban J connectivity index is 3.28. The van der Waals surface area contributed by atoms with Crippen molar-refractivity contribution < 1.29 is 4.39 Å². The molecule has 5 heteroatoms. The van der Waals surface area contributed by atoms with Gasteiger partial charge in [-0.3, -0.25) is 4.99 Å². The summed E-state index contributed by atoms with van der Waals surface area (Å²) in [6.45, 7) is 1.91. The Morgan fingerprint density at radius 3 is 2.61 bits per heavy atom. The first-order chi connectivity index (χ1) is 8.45. The van der Waals surface area contributed by atoms with Gasteiger partial charge < -0.3 is 5.43 Å². The smallest absolute Gasteiger partial charge is 0.124 e. The fraction of sp³-hybridized carbons (Fsp3) is 0.308. The predicted octanol–water partition coefficient (Wildman–Crippen LogP) is 2.98. The number of aliphatic imine (C=N–C) groups is 1. The maximum absolute atomic E-state index is 13.0. The van der Waals surface area contributed by atoms with Crippen LogP contribution < -0.4 is 5.43 Å². The molecule has 1 N–H and O–H groups in total. The standard InChI is InChI=1S/C13H17ClFN3/c1-9(17-18(3)4)12(8-16-2)11-6-5-10(15)7-13(11)14/h5-8,17H,1-4H3. The van der Waals surface area contributed by atoms with Gasteiger partial charge in [-0.05, 0) is 25.1 Å². The summed E-state index contributed by atoms with van der Waals surface area (Å²) >= 11 is 6.06. The molecule has 1 aromatic carbocycles. The first kappa shape index (κ1) is 14.7. The van der Waals surface area contributed by atoms with E-state index in [1.54, 1.807) is 19.3 Å². The summed E-state index contributed by atoms with van der Waals surface area (Å²) in [5.74, 6) is -0.352. The quantitative estimate of drug-likeness (QED) is 0.672. The van der Waals surface area contributed by atoms with Crippen LogP contribution in [0.5, 0.6) is 0 Å². The molecule has 0 atom stereocenters. The first-order valence-corrected chi connectivity index (χ1v) is 5.86. The van der Waals surface area contributed by atoms with Crippen molar-refractivity contribution in [2.75, 3.05) is 21.1 Å². The monoisotopic (exact) mass is 269 g/mol. The number of hydrogen-bond acceptors (Lipinski definition) is 3. The number of nitrogens with one attached hydrogen (secondary N) is 1. The SMILES string of the molecule is CN=CC(=C(C)NN(C)C)c1ccc(F)cc1Cl. The van der Waals surface area contributed by atoms with Gasteiger partial charge in [0.05, 0.1) is 5.02 Å². The molecule has 0 heterocycles. The van der Waals surface area contributed by atoms with Gasteiger partial charge in [-0.15, -0.1) is 0 Å². The van der Waals surface area contributed by atoms with E-state index in [0.29, 0.717) is 5.02 Å². The lowest BCUT2D eigenvalue weighted by Crippen LogP contribution is -2.29. The van der Waals surface area contributed by atoms with Gasteiger partial charge in [-0.2, -0.15) is 0 Å². The van der Waals surface area contributed by atoms with Crippen molar-refractivity contribution in [2.45, 2.75) is 6.92 Å². The number of allylic oxidation sites excluding steroid dienone is 2. The van der Waals surface area contributed by atoms with Crippen LogP contribution in [-0.2, 0) is 0 Å². The van der Waals surface area contributed by atoms with Crippen molar-refractivity contribution >= 4 is 23.4 Å². The van der Waals surface area contributed by atoms with Crippen molar-refractivity contribution in [1.29, 1.82) is 0 Å². The van der Waals surface area contributed by atoms with E-state index < -0.39 is 0 Å². The zero-order valence-electron chi connectivity index (χ0n) is 11.0. The Bertz CT molecular complexity index is 481. The Labute approximate surface area is 112 Å². The van der Waals surface area contributed by atoms with E-state index in [9.17, 15) is 4.39 Å². The molecular formula is C13H17ClFN3. The Hall–Kier alpha value is -1.39. The van der Waals surface area contributed by atoms with Crippen LogP contribution in [0.1, 0.15) is 12.5 Å². The van der Waals surface area contributed by atoms with Crippen molar-refractivity contribution in [3.63, 3.8) is 0 Å². The Kier molecular flexibility index (Phi) is 5.31. The zero-order valence-corrected chi connectivity index (χ0v) is 11.7. The minimum absolute atomic E-state index is 0.352. The molecule has 0 bridgehead atoms. The van der Waals surface area contributed by atoms with Gasteiger partial charge in [0.2, 0.25) is 0 Å². The summed E-state index contributed by atoms with van der Waals surface area (Å²) in [5, 5.41) is 2.18. The highest BCUT2D eigenvalue weighted by Gasteiger charge is 2.09. The molecule has 98 valence electrons. The van der Waals surface area contributed by atoms with Gasteiger partial charge in [-0.25, -0.2) is 9.40 Å². The number of rotatable bonds is 4. The largest absolute Gasteiger partial charge is 0.323 e. The van der Waals surface area contributed by atoms with E-state index in [1.807, 2.05) is 26.0 Å². The summed E-state index contributed by atoms with van der Waals surface area (Å²) in [6.07, 6.45) is 1.70. The molecule has 3 nitrogen and oxygen atoms in total.